The number of esters is 1. The average Bonchev–Trinajstić information content (AvgIpc) is 2.59. The number of hydrogen-bond acceptors (Lipinski definition) is 8. The van der Waals surface area contributed by atoms with Crippen molar-refractivity contribution in [3.05, 3.63) is 35.8 Å². The molecule has 8 heteroatoms. The normalized spacial score (nSPS) is 9.95. The van der Waals surface area contributed by atoms with Gasteiger partial charge in [0, 0.05) is 6.20 Å². The van der Waals surface area contributed by atoms with Gasteiger partial charge in [-0.1, -0.05) is 0 Å². The molecule has 8 nitrogen and oxygen atoms in total. The lowest BCUT2D eigenvalue weighted by Crippen LogP contribution is -2.09. The Morgan fingerprint density at radius 3 is 2.41 bits per heavy atom. The fourth-order valence-corrected chi connectivity index (χ4v) is 1.63. The fourth-order valence-electron chi connectivity index (χ4n) is 1.63. The van der Waals surface area contributed by atoms with Crippen LogP contribution in [0.15, 0.2) is 24.4 Å². The number of rotatable bonds is 6. The van der Waals surface area contributed by atoms with Crippen LogP contribution in [0.1, 0.15) is 16.2 Å². The molecule has 0 saturated heterocycles. The SMILES string of the molecule is COC(=O)c1cccnc1OCc1nc(OC)cc(OC)n1. The number of pyridine rings is 1. The highest BCUT2D eigenvalue weighted by molar-refractivity contribution is 5.91. The monoisotopic (exact) mass is 305 g/mol. The van der Waals surface area contributed by atoms with Crippen LogP contribution in [-0.2, 0) is 11.3 Å². The van der Waals surface area contributed by atoms with Gasteiger partial charge in [0.25, 0.3) is 0 Å². The Kier molecular flexibility index (Phi) is 5.07. The molecule has 2 aromatic heterocycles. The van der Waals surface area contributed by atoms with Crippen LogP contribution < -0.4 is 14.2 Å². The number of carbonyl (C=O) groups is 1. The summed E-state index contributed by atoms with van der Waals surface area (Å²) in [5.41, 5.74) is 0.222. The quantitative estimate of drug-likeness (QED) is 0.736. The van der Waals surface area contributed by atoms with E-state index in [1.807, 2.05) is 0 Å². The standard InChI is InChI=1S/C14H15N3O5/c1-19-11-7-12(20-2)17-10(16-11)8-22-13-9(14(18)21-3)5-4-6-15-13/h4-7H,8H2,1-3H3. The number of nitrogens with zero attached hydrogens (tertiary/aromatic N) is 3. The first-order valence-corrected chi connectivity index (χ1v) is 6.30. The molecule has 0 radical (unpaired) electrons. The van der Waals surface area contributed by atoms with E-state index in [4.69, 9.17) is 14.2 Å². The van der Waals surface area contributed by atoms with E-state index in [-0.39, 0.29) is 18.1 Å². The Balaban J connectivity index is 2.18. The maximum atomic E-state index is 11.6. The van der Waals surface area contributed by atoms with E-state index in [2.05, 4.69) is 19.7 Å². The summed E-state index contributed by atoms with van der Waals surface area (Å²) in [5, 5.41) is 0. The van der Waals surface area contributed by atoms with Crippen molar-refractivity contribution in [2.45, 2.75) is 6.61 Å². The molecule has 2 aromatic rings. The van der Waals surface area contributed by atoms with Gasteiger partial charge in [0.1, 0.15) is 12.2 Å². The predicted octanol–water partition coefficient (Wildman–Crippen LogP) is 1.25. The number of carbonyl (C=O) groups excluding carboxylic acids is 1. The average molecular weight is 305 g/mol. The summed E-state index contributed by atoms with van der Waals surface area (Å²) in [6, 6.07) is 4.72. The van der Waals surface area contributed by atoms with Crippen LogP contribution in [0.4, 0.5) is 0 Å². The molecule has 116 valence electrons. The van der Waals surface area contributed by atoms with Crippen molar-refractivity contribution in [2.75, 3.05) is 21.3 Å². The highest BCUT2D eigenvalue weighted by Gasteiger charge is 2.15. The van der Waals surface area contributed by atoms with Crippen LogP contribution in [0.3, 0.4) is 0 Å². The molecule has 0 aliphatic rings. The minimum absolute atomic E-state index is 0.00539. The molecule has 0 atom stereocenters. The fraction of sp³-hybridized carbons (Fsp3) is 0.286. The second kappa shape index (κ2) is 7.21. The zero-order valence-corrected chi connectivity index (χ0v) is 12.4. The van der Waals surface area contributed by atoms with E-state index >= 15 is 0 Å². The van der Waals surface area contributed by atoms with E-state index in [0.29, 0.717) is 17.6 Å². The molecule has 0 amide bonds. The third-order valence-corrected chi connectivity index (χ3v) is 2.66. The van der Waals surface area contributed by atoms with Gasteiger partial charge in [-0.05, 0) is 12.1 Å². The maximum Gasteiger partial charge on any atom is 0.343 e. The molecule has 0 fully saturated rings. The summed E-state index contributed by atoms with van der Waals surface area (Å²) in [6.07, 6.45) is 1.51. The molecule has 2 heterocycles. The second-order valence-corrected chi connectivity index (χ2v) is 4.01. The van der Waals surface area contributed by atoms with Crippen molar-refractivity contribution in [3.8, 4) is 17.6 Å². The van der Waals surface area contributed by atoms with Gasteiger partial charge >= 0.3 is 5.97 Å². The number of aromatic nitrogens is 3. The summed E-state index contributed by atoms with van der Waals surface area (Å²) in [4.78, 5) is 23.9. The topological polar surface area (TPSA) is 92.7 Å². The van der Waals surface area contributed by atoms with Crippen molar-refractivity contribution in [1.29, 1.82) is 0 Å². The molecular formula is C14H15N3O5. The van der Waals surface area contributed by atoms with Crippen molar-refractivity contribution in [3.63, 3.8) is 0 Å². The number of methoxy groups -OCH3 is 3. The van der Waals surface area contributed by atoms with Gasteiger partial charge in [-0.15, -0.1) is 0 Å². The molecule has 0 unspecified atom stereocenters. The van der Waals surface area contributed by atoms with Gasteiger partial charge in [-0.2, -0.15) is 9.97 Å². The van der Waals surface area contributed by atoms with Crippen molar-refractivity contribution >= 4 is 5.97 Å². The Morgan fingerprint density at radius 1 is 1.14 bits per heavy atom. The lowest BCUT2D eigenvalue weighted by molar-refractivity contribution is 0.0594. The molecule has 0 saturated carbocycles. The Bertz CT molecular complexity index is 640. The Labute approximate surface area is 127 Å². The molecular weight excluding hydrogens is 290 g/mol. The van der Waals surface area contributed by atoms with Crippen LogP contribution in [0.2, 0.25) is 0 Å². The summed E-state index contributed by atoms with van der Waals surface area (Å²) < 4.78 is 20.3. The Morgan fingerprint density at radius 2 is 1.82 bits per heavy atom. The largest absolute Gasteiger partial charge is 0.481 e. The van der Waals surface area contributed by atoms with Crippen LogP contribution in [0.5, 0.6) is 17.6 Å². The lowest BCUT2D eigenvalue weighted by atomic mass is 10.3. The Hall–Kier alpha value is -2.90. The highest BCUT2D eigenvalue weighted by atomic mass is 16.5. The van der Waals surface area contributed by atoms with Crippen LogP contribution in [0.25, 0.3) is 0 Å². The van der Waals surface area contributed by atoms with E-state index in [1.165, 1.54) is 27.5 Å². The smallest absolute Gasteiger partial charge is 0.343 e. The molecule has 0 aliphatic heterocycles. The molecule has 22 heavy (non-hydrogen) atoms. The van der Waals surface area contributed by atoms with Crippen LogP contribution >= 0.6 is 0 Å². The first-order chi connectivity index (χ1) is 10.7. The van der Waals surface area contributed by atoms with Crippen molar-refractivity contribution < 1.29 is 23.7 Å². The third kappa shape index (κ3) is 3.60. The number of hydrogen-bond donors (Lipinski definition) is 0. The van der Waals surface area contributed by atoms with E-state index in [1.54, 1.807) is 18.2 Å². The molecule has 0 N–H and O–H groups in total. The second-order valence-electron chi connectivity index (χ2n) is 4.01. The van der Waals surface area contributed by atoms with E-state index in [9.17, 15) is 4.79 Å². The van der Waals surface area contributed by atoms with Gasteiger partial charge in [0.2, 0.25) is 17.6 Å². The van der Waals surface area contributed by atoms with Crippen LogP contribution in [-0.4, -0.2) is 42.3 Å². The molecule has 0 aliphatic carbocycles. The number of ether oxygens (including phenoxy) is 4. The van der Waals surface area contributed by atoms with Gasteiger partial charge in [0.15, 0.2) is 5.82 Å². The zero-order chi connectivity index (χ0) is 15.9. The van der Waals surface area contributed by atoms with E-state index in [0.717, 1.165) is 0 Å². The van der Waals surface area contributed by atoms with Gasteiger partial charge in [0.05, 0.1) is 27.4 Å². The third-order valence-electron chi connectivity index (χ3n) is 2.66. The molecule has 0 spiro atoms. The van der Waals surface area contributed by atoms with E-state index < -0.39 is 5.97 Å². The predicted molar refractivity (Wildman–Crippen MR) is 75.0 cm³/mol. The molecule has 0 aromatic carbocycles. The van der Waals surface area contributed by atoms with Gasteiger partial charge in [-0.25, -0.2) is 9.78 Å². The first-order valence-electron chi connectivity index (χ1n) is 6.30. The van der Waals surface area contributed by atoms with Crippen LogP contribution in [0, 0.1) is 0 Å². The summed E-state index contributed by atoms with van der Waals surface area (Å²) >= 11 is 0. The van der Waals surface area contributed by atoms with Gasteiger partial charge in [-0.3, -0.25) is 0 Å². The maximum absolute atomic E-state index is 11.6. The van der Waals surface area contributed by atoms with Gasteiger partial charge < -0.3 is 18.9 Å². The van der Waals surface area contributed by atoms with Crippen molar-refractivity contribution in [2.24, 2.45) is 0 Å². The lowest BCUT2D eigenvalue weighted by Gasteiger charge is -2.09. The molecule has 0 bridgehead atoms. The minimum atomic E-state index is -0.535. The molecule has 2 rings (SSSR count). The summed E-state index contributed by atoms with van der Waals surface area (Å²) in [5.74, 6) is 0.629. The summed E-state index contributed by atoms with van der Waals surface area (Å²) in [6.45, 7) is -0.00539. The van der Waals surface area contributed by atoms with Crippen molar-refractivity contribution in [1.82, 2.24) is 15.0 Å². The highest BCUT2D eigenvalue weighted by Crippen LogP contribution is 2.18. The minimum Gasteiger partial charge on any atom is -0.481 e. The first kappa shape index (κ1) is 15.5. The zero-order valence-electron chi connectivity index (χ0n) is 12.4. The summed E-state index contributed by atoms with van der Waals surface area (Å²) in [7, 11) is 4.26.